The van der Waals surface area contributed by atoms with Crippen LogP contribution in [0.5, 0.6) is 0 Å². The van der Waals surface area contributed by atoms with Gasteiger partial charge in [-0.3, -0.25) is 9.78 Å². The lowest BCUT2D eigenvalue weighted by Gasteiger charge is -2.01. The first kappa shape index (κ1) is 10.3. The molecule has 0 spiro atoms. The Hall–Kier alpha value is -2.24. The second-order valence-corrected chi connectivity index (χ2v) is 3.16. The minimum absolute atomic E-state index is 0.0622. The Bertz CT molecular complexity index is 597. The number of hydrogen-bond acceptors (Lipinski definition) is 2. The van der Waals surface area contributed by atoms with Crippen molar-refractivity contribution in [2.75, 3.05) is 0 Å². The van der Waals surface area contributed by atoms with Crippen molar-refractivity contribution in [3.8, 4) is 11.3 Å². The lowest BCUT2D eigenvalue weighted by atomic mass is 10.1. The number of nitrogens with one attached hydrogen (secondary N) is 2. The molecule has 0 fully saturated rings. The summed E-state index contributed by atoms with van der Waals surface area (Å²) < 4.78 is 25.8. The van der Waals surface area contributed by atoms with Gasteiger partial charge in [0.25, 0.3) is 5.56 Å². The van der Waals surface area contributed by atoms with Gasteiger partial charge in [0.15, 0.2) is 0 Å². The highest BCUT2D eigenvalue weighted by molar-refractivity contribution is 5.58. The van der Waals surface area contributed by atoms with E-state index in [0.717, 1.165) is 18.2 Å². The summed E-state index contributed by atoms with van der Waals surface area (Å²) in [5, 5.41) is 0. The molecule has 0 bridgehead atoms. The summed E-state index contributed by atoms with van der Waals surface area (Å²) in [6, 6.07) is 3.80. The minimum atomic E-state index is -0.781. The first-order chi connectivity index (χ1) is 7.54. The number of halogens is 2. The summed E-state index contributed by atoms with van der Waals surface area (Å²) in [5.74, 6) is -1.56. The molecule has 0 aliphatic heterocycles. The van der Waals surface area contributed by atoms with Gasteiger partial charge in [0.05, 0.1) is 5.69 Å². The molecule has 0 radical (unpaired) electrons. The Kier molecular flexibility index (Phi) is 2.40. The Labute approximate surface area is 87.6 Å². The summed E-state index contributed by atoms with van der Waals surface area (Å²) in [4.78, 5) is 26.2. The van der Waals surface area contributed by atoms with E-state index in [4.69, 9.17) is 0 Å². The van der Waals surface area contributed by atoms with Crippen LogP contribution in [0.1, 0.15) is 0 Å². The molecule has 0 aliphatic carbocycles. The molecular formula is C10H6F2N2O2. The predicted octanol–water partition coefficient (Wildman–Crippen LogP) is 1.01. The van der Waals surface area contributed by atoms with Gasteiger partial charge in [-0.2, -0.15) is 0 Å². The third-order valence-corrected chi connectivity index (χ3v) is 1.93. The van der Waals surface area contributed by atoms with E-state index < -0.39 is 22.9 Å². The van der Waals surface area contributed by atoms with Crippen LogP contribution in [0.4, 0.5) is 8.78 Å². The number of benzene rings is 1. The van der Waals surface area contributed by atoms with E-state index in [0.29, 0.717) is 6.07 Å². The van der Waals surface area contributed by atoms with Gasteiger partial charge in [0, 0.05) is 17.7 Å². The van der Waals surface area contributed by atoms with Crippen molar-refractivity contribution in [1.82, 2.24) is 9.97 Å². The number of hydrogen-bond donors (Lipinski definition) is 2. The lowest BCUT2D eigenvalue weighted by Crippen LogP contribution is -2.21. The van der Waals surface area contributed by atoms with Crippen molar-refractivity contribution < 1.29 is 8.78 Å². The molecule has 1 heterocycles. The van der Waals surface area contributed by atoms with Crippen LogP contribution in [0.3, 0.4) is 0 Å². The Morgan fingerprint density at radius 2 is 1.50 bits per heavy atom. The monoisotopic (exact) mass is 224 g/mol. The van der Waals surface area contributed by atoms with Gasteiger partial charge in [-0.25, -0.2) is 13.6 Å². The van der Waals surface area contributed by atoms with E-state index >= 15 is 0 Å². The molecule has 6 heteroatoms. The molecule has 16 heavy (non-hydrogen) atoms. The zero-order chi connectivity index (χ0) is 11.7. The highest BCUT2D eigenvalue weighted by Gasteiger charge is 2.04. The second kappa shape index (κ2) is 3.73. The lowest BCUT2D eigenvalue weighted by molar-refractivity contribution is 0.584. The molecule has 1 aromatic heterocycles. The van der Waals surface area contributed by atoms with Crippen molar-refractivity contribution in [3.05, 3.63) is 56.7 Å². The van der Waals surface area contributed by atoms with E-state index in [-0.39, 0.29) is 11.3 Å². The largest absolute Gasteiger partial charge is 0.326 e. The molecule has 0 aliphatic rings. The molecule has 0 atom stereocenters. The fourth-order valence-electron chi connectivity index (χ4n) is 1.33. The van der Waals surface area contributed by atoms with Gasteiger partial charge in [0.2, 0.25) is 0 Å². The van der Waals surface area contributed by atoms with Crippen LogP contribution < -0.4 is 11.2 Å². The van der Waals surface area contributed by atoms with E-state index in [1.807, 2.05) is 4.98 Å². The van der Waals surface area contributed by atoms with E-state index in [1.165, 1.54) is 0 Å². The van der Waals surface area contributed by atoms with Gasteiger partial charge in [-0.15, -0.1) is 0 Å². The van der Waals surface area contributed by atoms with Gasteiger partial charge >= 0.3 is 5.69 Å². The molecular weight excluding hydrogens is 218 g/mol. The van der Waals surface area contributed by atoms with Crippen molar-refractivity contribution in [1.29, 1.82) is 0 Å². The Balaban J connectivity index is 2.67. The van der Waals surface area contributed by atoms with Gasteiger partial charge in [0.1, 0.15) is 11.6 Å². The van der Waals surface area contributed by atoms with Crippen LogP contribution in [0.15, 0.2) is 33.9 Å². The SMILES string of the molecule is O=c1cc(-c2cc(F)cc(F)c2)[nH]c(=O)[nH]1. The molecule has 1 aromatic carbocycles. The molecule has 2 N–H and O–H groups in total. The van der Waals surface area contributed by atoms with E-state index in [9.17, 15) is 18.4 Å². The topological polar surface area (TPSA) is 65.7 Å². The maximum absolute atomic E-state index is 12.9. The maximum Gasteiger partial charge on any atom is 0.326 e. The summed E-state index contributed by atoms with van der Waals surface area (Å²) in [6.45, 7) is 0. The van der Waals surface area contributed by atoms with Gasteiger partial charge < -0.3 is 4.98 Å². The normalized spacial score (nSPS) is 10.4. The Morgan fingerprint density at radius 1 is 0.875 bits per heavy atom. The maximum atomic E-state index is 12.9. The zero-order valence-corrected chi connectivity index (χ0v) is 7.88. The van der Waals surface area contributed by atoms with E-state index in [2.05, 4.69) is 4.98 Å². The average Bonchev–Trinajstić information content (AvgIpc) is 2.14. The van der Waals surface area contributed by atoms with Crippen molar-refractivity contribution in [2.45, 2.75) is 0 Å². The molecule has 4 nitrogen and oxygen atoms in total. The minimum Gasteiger partial charge on any atom is -0.307 e. The highest BCUT2D eigenvalue weighted by Crippen LogP contribution is 2.17. The van der Waals surface area contributed by atoms with Crippen LogP contribution in [-0.4, -0.2) is 9.97 Å². The van der Waals surface area contributed by atoms with Crippen molar-refractivity contribution in [2.24, 2.45) is 0 Å². The third kappa shape index (κ3) is 2.05. The predicted molar refractivity (Wildman–Crippen MR) is 53.0 cm³/mol. The molecule has 82 valence electrons. The first-order valence-electron chi connectivity index (χ1n) is 4.35. The molecule has 2 aromatic rings. The van der Waals surface area contributed by atoms with Crippen molar-refractivity contribution in [3.63, 3.8) is 0 Å². The fourth-order valence-corrected chi connectivity index (χ4v) is 1.33. The Morgan fingerprint density at radius 3 is 2.06 bits per heavy atom. The van der Waals surface area contributed by atoms with Gasteiger partial charge in [-0.05, 0) is 12.1 Å². The molecule has 2 rings (SSSR count). The average molecular weight is 224 g/mol. The second-order valence-electron chi connectivity index (χ2n) is 3.16. The zero-order valence-electron chi connectivity index (χ0n) is 7.88. The molecule has 0 saturated carbocycles. The van der Waals surface area contributed by atoms with Crippen LogP contribution in [-0.2, 0) is 0 Å². The van der Waals surface area contributed by atoms with Crippen LogP contribution in [0.25, 0.3) is 11.3 Å². The smallest absolute Gasteiger partial charge is 0.307 e. The standard InChI is InChI=1S/C10H6F2N2O2/c11-6-1-5(2-7(12)3-6)8-4-9(15)14-10(16)13-8/h1-4H,(H2,13,14,15,16). The summed E-state index contributed by atoms with van der Waals surface area (Å²) in [7, 11) is 0. The van der Waals surface area contributed by atoms with Crippen LogP contribution >= 0.6 is 0 Å². The number of H-pyrrole nitrogens is 2. The fraction of sp³-hybridized carbons (Fsp3) is 0. The molecule has 0 amide bonds. The molecule has 0 saturated heterocycles. The molecule has 0 unspecified atom stereocenters. The van der Waals surface area contributed by atoms with Gasteiger partial charge in [-0.1, -0.05) is 0 Å². The quantitative estimate of drug-likeness (QED) is 0.759. The van der Waals surface area contributed by atoms with Crippen LogP contribution in [0.2, 0.25) is 0 Å². The first-order valence-corrected chi connectivity index (χ1v) is 4.35. The highest BCUT2D eigenvalue weighted by atomic mass is 19.1. The summed E-state index contributed by atoms with van der Waals surface area (Å²) in [5.41, 5.74) is -1.21. The van der Waals surface area contributed by atoms with E-state index in [1.54, 1.807) is 0 Å². The third-order valence-electron chi connectivity index (χ3n) is 1.93. The number of rotatable bonds is 1. The van der Waals surface area contributed by atoms with Crippen LogP contribution in [0, 0.1) is 11.6 Å². The summed E-state index contributed by atoms with van der Waals surface area (Å²) in [6.07, 6.45) is 0. The summed E-state index contributed by atoms with van der Waals surface area (Å²) >= 11 is 0. The number of aromatic nitrogens is 2. The van der Waals surface area contributed by atoms with Crippen molar-refractivity contribution >= 4 is 0 Å². The number of aromatic amines is 2.